The second-order valence-corrected chi connectivity index (χ2v) is 9.24. The summed E-state index contributed by atoms with van der Waals surface area (Å²) in [6.45, 7) is 0. The van der Waals surface area contributed by atoms with Gasteiger partial charge in [0.05, 0.1) is 16.0 Å². The summed E-state index contributed by atoms with van der Waals surface area (Å²) in [5.41, 5.74) is 1.01. The molecule has 0 saturated heterocycles. The van der Waals surface area contributed by atoms with Gasteiger partial charge in [0.15, 0.2) is 0 Å². The van der Waals surface area contributed by atoms with E-state index in [2.05, 4.69) is 10.0 Å². The van der Waals surface area contributed by atoms with Gasteiger partial charge in [0.2, 0.25) is 15.9 Å². The first kappa shape index (κ1) is 20.2. The third-order valence-corrected chi connectivity index (χ3v) is 6.66. The summed E-state index contributed by atoms with van der Waals surface area (Å²) in [5.74, 6) is -1.42. The van der Waals surface area contributed by atoms with Crippen molar-refractivity contribution >= 4 is 27.7 Å². The Morgan fingerprint density at radius 2 is 1.73 bits per heavy atom. The number of nitrogens with one attached hydrogen (secondary N) is 2. The average Bonchev–Trinajstić information content (AvgIpc) is 3.52. The van der Waals surface area contributed by atoms with Crippen molar-refractivity contribution in [2.75, 3.05) is 7.05 Å². The molecular weight excluding hydrogens is 406 g/mol. The number of rotatable bonds is 7. The quantitative estimate of drug-likeness (QED) is 0.642. The zero-order valence-electron chi connectivity index (χ0n) is 16.3. The number of benzene rings is 2. The number of hydrogen-bond donors (Lipinski definition) is 2. The molecule has 1 fully saturated rings. The lowest BCUT2D eigenvalue weighted by atomic mass is 10.1. The van der Waals surface area contributed by atoms with Gasteiger partial charge in [-0.2, -0.15) is 4.72 Å². The minimum atomic E-state index is -4.11. The molecule has 9 heteroatoms. The van der Waals surface area contributed by atoms with Crippen LogP contribution in [0.4, 0.5) is 0 Å². The van der Waals surface area contributed by atoms with Gasteiger partial charge in [0, 0.05) is 13.1 Å². The van der Waals surface area contributed by atoms with E-state index >= 15 is 0 Å². The number of amides is 3. The van der Waals surface area contributed by atoms with Crippen LogP contribution < -0.4 is 10.0 Å². The molecule has 1 heterocycles. The van der Waals surface area contributed by atoms with Crippen molar-refractivity contribution in [3.8, 4) is 0 Å². The Balaban J connectivity index is 1.61. The van der Waals surface area contributed by atoms with Gasteiger partial charge in [-0.3, -0.25) is 19.3 Å². The van der Waals surface area contributed by atoms with Gasteiger partial charge in [-0.05, 0) is 43.0 Å². The van der Waals surface area contributed by atoms with Gasteiger partial charge in [-0.25, -0.2) is 8.42 Å². The molecule has 0 aromatic heterocycles. The summed E-state index contributed by atoms with van der Waals surface area (Å²) in [4.78, 5) is 37.7. The summed E-state index contributed by atoms with van der Waals surface area (Å²) >= 11 is 0. The van der Waals surface area contributed by atoms with E-state index in [1.807, 2.05) is 30.3 Å². The van der Waals surface area contributed by atoms with Crippen LogP contribution >= 0.6 is 0 Å². The lowest BCUT2D eigenvalue weighted by Crippen LogP contribution is -2.48. The maximum atomic E-state index is 13.0. The molecule has 30 heavy (non-hydrogen) atoms. The Morgan fingerprint density at radius 1 is 1.07 bits per heavy atom. The highest BCUT2D eigenvalue weighted by Crippen LogP contribution is 2.25. The summed E-state index contributed by atoms with van der Waals surface area (Å²) < 4.78 is 28.5. The van der Waals surface area contributed by atoms with Crippen molar-refractivity contribution in [3.63, 3.8) is 0 Å². The molecule has 2 aromatic rings. The lowest BCUT2D eigenvalue weighted by molar-refractivity contribution is -0.122. The zero-order valence-corrected chi connectivity index (χ0v) is 17.1. The second kappa shape index (κ2) is 7.66. The van der Waals surface area contributed by atoms with E-state index in [0.29, 0.717) is 0 Å². The monoisotopic (exact) mass is 427 g/mol. The fourth-order valence-corrected chi connectivity index (χ4v) is 4.55. The third-order valence-electron chi connectivity index (χ3n) is 5.19. The molecule has 8 nitrogen and oxygen atoms in total. The predicted octanol–water partition coefficient (Wildman–Crippen LogP) is 1.08. The van der Waals surface area contributed by atoms with Crippen molar-refractivity contribution in [2.45, 2.75) is 36.2 Å². The highest BCUT2D eigenvalue weighted by molar-refractivity contribution is 7.89. The number of carbonyl (C=O) groups excluding carboxylic acids is 3. The van der Waals surface area contributed by atoms with Crippen LogP contribution in [-0.2, 0) is 21.2 Å². The Morgan fingerprint density at radius 3 is 2.40 bits per heavy atom. The third kappa shape index (κ3) is 3.99. The molecule has 1 atom stereocenters. The standard InChI is InChI=1S/C21H21N3O5S/c1-24-20(26)16-10-9-15(12-17(16)21(24)27)30(28,29)23-18(19(25)22-14-7-8-14)11-13-5-3-2-4-6-13/h2-6,9-10,12,14,18,23H,7-8,11H2,1H3,(H,22,25). The van der Waals surface area contributed by atoms with Crippen molar-refractivity contribution in [1.82, 2.24) is 14.9 Å². The normalized spacial score (nSPS) is 17.0. The van der Waals surface area contributed by atoms with Crippen molar-refractivity contribution in [1.29, 1.82) is 0 Å². The van der Waals surface area contributed by atoms with Crippen LogP contribution in [0.1, 0.15) is 39.1 Å². The Kier molecular flexibility index (Phi) is 5.17. The molecule has 0 spiro atoms. The second-order valence-electron chi connectivity index (χ2n) is 7.52. The van der Waals surface area contributed by atoms with E-state index in [4.69, 9.17) is 0 Å². The van der Waals surface area contributed by atoms with Crippen LogP contribution in [0.3, 0.4) is 0 Å². The van der Waals surface area contributed by atoms with E-state index in [0.717, 1.165) is 23.3 Å². The van der Waals surface area contributed by atoms with Gasteiger partial charge in [-0.1, -0.05) is 30.3 Å². The maximum Gasteiger partial charge on any atom is 0.261 e. The largest absolute Gasteiger partial charge is 0.352 e. The van der Waals surface area contributed by atoms with Crippen LogP contribution in [0, 0.1) is 0 Å². The Hall–Kier alpha value is -3.04. The molecule has 4 rings (SSSR count). The van der Waals surface area contributed by atoms with E-state index in [1.54, 1.807) is 0 Å². The molecule has 2 aliphatic rings. The first-order valence-electron chi connectivity index (χ1n) is 9.59. The first-order valence-corrected chi connectivity index (χ1v) is 11.1. The van der Waals surface area contributed by atoms with Crippen LogP contribution in [0.25, 0.3) is 0 Å². The smallest absolute Gasteiger partial charge is 0.261 e. The lowest BCUT2D eigenvalue weighted by Gasteiger charge is -2.19. The Bertz CT molecular complexity index is 1130. The van der Waals surface area contributed by atoms with E-state index in [1.165, 1.54) is 25.2 Å². The molecule has 156 valence electrons. The highest BCUT2D eigenvalue weighted by atomic mass is 32.2. The summed E-state index contributed by atoms with van der Waals surface area (Å²) in [6, 6.07) is 12.0. The van der Waals surface area contributed by atoms with Crippen LogP contribution in [0.15, 0.2) is 53.4 Å². The Labute approximate surface area is 174 Å². The van der Waals surface area contributed by atoms with Gasteiger partial charge in [0.1, 0.15) is 6.04 Å². The fraction of sp³-hybridized carbons (Fsp3) is 0.286. The van der Waals surface area contributed by atoms with Crippen LogP contribution in [-0.4, -0.2) is 50.2 Å². The maximum absolute atomic E-state index is 13.0. The van der Waals surface area contributed by atoms with Crippen molar-refractivity contribution in [3.05, 3.63) is 65.2 Å². The molecule has 1 aliphatic heterocycles. The molecule has 1 aliphatic carbocycles. The molecule has 2 aromatic carbocycles. The molecular formula is C21H21N3O5S. The molecule has 2 N–H and O–H groups in total. The first-order chi connectivity index (χ1) is 14.3. The van der Waals surface area contributed by atoms with Crippen LogP contribution in [0.2, 0.25) is 0 Å². The fourth-order valence-electron chi connectivity index (χ4n) is 3.33. The van der Waals surface area contributed by atoms with Gasteiger partial charge >= 0.3 is 0 Å². The molecule has 0 radical (unpaired) electrons. The molecule has 1 unspecified atom stereocenters. The van der Waals surface area contributed by atoms with Gasteiger partial charge < -0.3 is 5.32 Å². The van der Waals surface area contributed by atoms with E-state index < -0.39 is 33.8 Å². The predicted molar refractivity (Wildman–Crippen MR) is 108 cm³/mol. The number of imide groups is 1. The molecule has 0 bridgehead atoms. The number of sulfonamides is 1. The van der Waals surface area contributed by atoms with Gasteiger partial charge in [0.25, 0.3) is 11.8 Å². The number of carbonyl (C=O) groups is 3. The molecule has 3 amide bonds. The average molecular weight is 427 g/mol. The van der Waals surface area contributed by atoms with E-state index in [9.17, 15) is 22.8 Å². The summed E-state index contributed by atoms with van der Waals surface area (Å²) in [5, 5.41) is 2.84. The van der Waals surface area contributed by atoms with Crippen LogP contribution in [0.5, 0.6) is 0 Å². The SMILES string of the molecule is CN1C(=O)c2ccc(S(=O)(=O)NC(Cc3ccccc3)C(=O)NC3CC3)cc2C1=O. The topological polar surface area (TPSA) is 113 Å². The van der Waals surface area contributed by atoms with Crippen molar-refractivity contribution in [2.24, 2.45) is 0 Å². The minimum Gasteiger partial charge on any atom is -0.352 e. The number of nitrogens with zero attached hydrogens (tertiary/aromatic N) is 1. The summed E-state index contributed by atoms with van der Waals surface area (Å²) in [7, 11) is -2.77. The zero-order chi connectivity index (χ0) is 21.5. The molecule has 1 saturated carbocycles. The number of hydrogen-bond acceptors (Lipinski definition) is 5. The summed E-state index contributed by atoms with van der Waals surface area (Å²) in [6.07, 6.45) is 1.94. The van der Waals surface area contributed by atoms with Crippen molar-refractivity contribution < 1.29 is 22.8 Å². The van der Waals surface area contributed by atoms with Gasteiger partial charge in [-0.15, -0.1) is 0 Å². The highest BCUT2D eigenvalue weighted by Gasteiger charge is 2.35. The minimum absolute atomic E-state index is 0.0346. The number of fused-ring (bicyclic) bond motifs is 1. The van der Waals surface area contributed by atoms with E-state index in [-0.39, 0.29) is 28.5 Å².